The minimum Gasteiger partial charge on any atom is -0.465 e. The number of ether oxygens (including phenoxy) is 1. The molecule has 0 spiro atoms. The number of carbonyl (C=O) groups is 2. The molecule has 0 aliphatic rings. The topological polar surface area (TPSA) is 72.6 Å². The Labute approximate surface area is 127 Å². The molecule has 0 bridgehead atoms. The Morgan fingerprint density at radius 1 is 1.30 bits per heavy atom. The van der Waals surface area contributed by atoms with Gasteiger partial charge in [-0.3, -0.25) is 9.59 Å². The first-order valence-electron chi connectivity index (χ1n) is 6.10. The first-order valence-corrected chi connectivity index (χ1v) is 6.85. The van der Waals surface area contributed by atoms with E-state index in [1.54, 1.807) is 13.8 Å². The molecule has 0 atom stereocenters. The van der Waals surface area contributed by atoms with Crippen molar-refractivity contribution in [2.24, 2.45) is 0 Å². The van der Waals surface area contributed by atoms with E-state index in [0.29, 0.717) is 6.54 Å². The van der Waals surface area contributed by atoms with Crippen LogP contribution in [-0.2, 0) is 9.53 Å². The molecule has 0 saturated heterocycles. The van der Waals surface area contributed by atoms with Gasteiger partial charge in [-0.1, -0.05) is 23.2 Å². The van der Waals surface area contributed by atoms with Crippen LogP contribution in [-0.4, -0.2) is 36.5 Å². The monoisotopic (exact) mass is 318 g/mol. The van der Waals surface area contributed by atoms with Crippen molar-refractivity contribution >= 4 is 40.8 Å². The molecular weight excluding hydrogens is 303 g/mol. The number of hydrogen-bond donors (Lipinski definition) is 1. The summed E-state index contributed by atoms with van der Waals surface area (Å²) in [5, 5.41) is 0.402. The van der Waals surface area contributed by atoms with Gasteiger partial charge >= 0.3 is 5.97 Å². The number of nitrogen functional groups attached to an aromatic ring is 1. The summed E-state index contributed by atoms with van der Waals surface area (Å²) in [7, 11) is 0. The van der Waals surface area contributed by atoms with Crippen LogP contribution in [0, 0.1) is 0 Å². The number of benzene rings is 1. The maximum Gasteiger partial charge on any atom is 0.325 e. The lowest BCUT2D eigenvalue weighted by Gasteiger charge is -2.20. The van der Waals surface area contributed by atoms with Crippen molar-refractivity contribution in [3.63, 3.8) is 0 Å². The SMILES string of the molecule is CCOC(=O)CN(CC)C(=O)c1cc(N)c(Cl)c(Cl)c1. The Balaban J connectivity index is 2.94. The van der Waals surface area contributed by atoms with Gasteiger partial charge in [0.2, 0.25) is 0 Å². The predicted octanol–water partition coefficient (Wildman–Crippen LogP) is 2.60. The van der Waals surface area contributed by atoms with E-state index in [1.807, 2.05) is 0 Å². The fourth-order valence-corrected chi connectivity index (χ4v) is 1.94. The zero-order valence-electron chi connectivity index (χ0n) is 11.3. The highest BCUT2D eigenvalue weighted by atomic mass is 35.5. The minimum absolute atomic E-state index is 0.122. The van der Waals surface area contributed by atoms with Crippen molar-refractivity contribution in [2.45, 2.75) is 13.8 Å². The van der Waals surface area contributed by atoms with Crippen molar-refractivity contribution in [2.75, 3.05) is 25.4 Å². The van der Waals surface area contributed by atoms with Crippen LogP contribution in [0.25, 0.3) is 0 Å². The maximum atomic E-state index is 12.3. The lowest BCUT2D eigenvalue weighted by molar-refractivity contribution is -0.143. The van der Waals surface area contributed by atoms with E-state index in [2.05, 4.69) is 0 Å². The van der Waals surface area contributed by atoms with Gasteiger partial charge in [-0.15, -0.1) is 0 Å². The molecule has 0 fully saturated rings. The summed E-state index contributed by atoms with van der Waals surface area (Å²) in [6.07, 6.45) is 0. The van der Waals surface area contributed by atoms with Gasteiger partial charge in [0.25, 0.3) is 5.91 Å². The fraction of sp³-hybridized carbons (Fsp3) is 0.385. The summed E-state index contributed by atoms with van der Waals surface area (Å²) >= 11 is 11.7. The van der Waals surface area contributed by atoms with Crippen LogP contribution in [0.2, 0.25) is 10.0 Å². The highest BCUT2D eigenvalue weighted by Gasteiger charge is 2.19. The minimum atomic E-state index is -0.462. The van der Waals surface area contributed by atoms with Gasteiger partial charge in [0.05, 0.1) is 22.3 Å². The highest BCUT2D eigenvalue weighted by Crippen LogP contribution is 2.29. The second-order valence-corrected chi connectivity index (χ2v) is 4.77. The first-order chi connectivity index (χ1) is 9.40. The number of rotatable bonds is 5. The summed E-state index contributed by atoms with van der Waals surface area (Å²) in [5.74, 6) is -0.818. The molecule has 0 aliphatic heterocycles. The Hall–Kier alpha value is -1.46. The summed E-state index contributed by atoms with van der Waals surface area (Å²) in [5.41, 5.74) is 6.17. The number of likely N-dealkylation sites (N-methyl/N-ethyl adjacent to an activating group) is 1. The van der Waals surface area contributed by atoms with E-state index in [-0.39, 0.29) is 40.4 Å². The molecule has 0 aromatic heterocycles. The molecule has 1 aromatic carbocycles. The first kappa shape index (κ1) is 16.6. The van der Waals surface area contributed by atoms with Crippen LogP contribution < -0.4 is 5.73 Å². The maximum absolute atomic E-state index is 12.3. The molecule has 0 unspecified atom stereocenters. The molecule has 1 aromatic rings. The molecule has 20 heavy (non-hydrogen) atoms. The van der Waals surface area contributed by atoms with Crippen molar-refractivity contribution in [3.05, 3.63) is 27.7 Å². The molecule has 0 radical (unpaired) electrons. The highest BCUT2D eigenvalue weighted by molar-refractivity contribution is 6.43. The summed E-state index contributed by atoms with van der Waals surface area (Å²) in [6.45, 7) is 3.97. The lowest BCUT2D eigenvalue weighted by Crippen LogP contribution is -2.36. The molecule has 0 aliphatic carbocycles. The Kier molecular flexibility index (Phi) is 6.10. The predicted molar refractivity (Wildman–Crippen MR) is 79.1 cm³/mol. The van der Waals surface area contributed by atoms with Crippen molar-refractivity contribution in [3.8, 4) is 0 Å². The van der Waals surface area contributed by atoms with Crippen LogP contribution >= 0.6 is 23.2 Å². The molecule has 7 heteroatoms. The molecule has 2 N–H and O–H groups in total. The van der Waals surface area contributed by atoms with Gasteiger partial charge in [-0.05, 0) is 26.0 Å². The number of anilines is 1. The average molecular weight is 319 g/mol. The number of nitrogens with two attached hydrogens (primary N) is 1. The molecule has 5 nitrogen and oxygen atoms in total. The molecule has 0 saturated carbocycles. The Morgan fingerprint density at radius 3 is 2.45 bits per heavy atom. The molecular formula is C13H16Cl2N2O3. The third kappa shape index (κ3) is 4.02. The van der Waals surface area contributed by atoms with Gasteiger partial charge in [0, 0.05) is 12.1 Å². The van der Waals surface area contributed by atoms with Crippen molar-refractivity contribution < 1.29 is 14.3 Å². The normalized spacial score (nSPS) is 10.2. The van der Waals surface area contributed by atoms with Gasteiger partial charge in [-0.2, -0.15) is 0 Å². The zero-order valence-corrected chi connectivity index (χ0v) is 12.8. The quantitative estimate of drug-likeness (QED) is 0.669. The molecule has 1 rings (SSSR count). The number of esters is 1. The van der Waals surface area contributed by atoms with Crippen LogP contribution in [0.4, 0.5) is 5.69 Å². The fourth-order valence-electron chi connectivity index (χ4n) is 1.61. The number of halogens is 2. The van der Waals surface area contributed by atoms with Crippen molar-refractivity contribution in [1.29, 1.82) is 0 Å². The van der Waals surface area contributed by atoms with Crippen LogP contribution in [0.15, 0.2) is 12.1 Å². The lowest BCUT2D eigenvalue weighted by atomic mass is 10.1. The van der Waals surface area contributed by atoms with Crippen LogP contribution in [0.3, 0.4) is 0 Å². The van der Waals surface area contributed by atoms with E-state index in [1.165, 1.54) is 17.0 Å². The van der Waals surface area contributed by atoms with Crippen LogP contribution in [0.1, 0.15) is 24.2 Å². The average Bonchev–Trinajstić information content (AvgIpc) is 2.41. The van der Waals surface area contributed by atoms with Crippen molar-refractivity contribution in [1.82, 2.24) is 4.90 Å². The second-order valence-electron chi connectivity index (χ2n) is 3.99. The van der Waals surface area contributed by atoms with E-state index in [0.717, 1.165) is 0 Å². The van der Waals surface area contributed by atoms with Gasteiger partial charge in [0.1, 0.15) is 6.54 Å². The smallest absolute Gasteiger partial charge is 0.325 e. The summed E-state index contributed by atoms with van der Waals surface area (Å²) < 4.78 is 4.82. The van der Waals surface area contributed by atoms with E-state index >= 15 is 0 Å². The Morgan fingerprint density at radius 2 is 1.95 bits per heavy atom. The largest absolute Gasteiger partial charge is 0.465 e. The number of carbonyl (C=O) groups excluding carboxylic acids is 2. The molecule has 1 amide bonds. The van der Waals surface area contributed by atoms with Gasteiger partial charge in [-0.25, -0.2) is 0 Å². The van der Waals surface area contributed by atoms with E-state index in [9.17, 15) is 9.59 Å². The Bertz CT molecular complexity index is 497. The molecule has 110 valence electrons. The van der Waals surface area contributed by atoms with E-state index < -0.39 is 5.97 Å². The van der Waals surface area contributed by atoms with Gasteiger partial charge in [0.15, 0.2) is 0 Å². The standard InChI is InChI=1S/C13H16Cl2N2O3/c1-3-17(7-11(18)20-4-2)13(19)8-5-9(14)12(15)10(16)6-8/h5-6H,3-4,7,16H2,1-2H3. The third-order valence-corrected chi connectivity index (χ3v) is 3.41. The zero-order chi connectivity index (χ0) is 15.3. The second kappa shape index (κ2) is 7.36. The number of nitrogens with zero attached hydrogens (tertiary/aromatic N) is 1. The summed E-state index contributed by atoms with van der Waals surface area (Å²) in [6, 6.07) is 2.86. The molecule has 0 heterocycles. The summed E-state index contributed by atoms with van der Waals surface area (Å²) in [4.78, 5) is 25.1. The van der Waals surface area contributed by atoms with E-state index in [4.69, 9.17) is 33.7 Å². The van der Waals surface area contributed by atoms with Gasteiger partial charge < -0.3 is 15.4 Å². The number of hydrogen-bond acceptors (Lipinski definition) is 4. The number of amides is 1. The van der Waals surface area contributed by atoms with Crippen LogP contribution in [0.5, 0.6) is 0 Å². The third-order valence-electron chi connectivity index (χ3n) is 2.60.